The molecular formula is C19H25N3O2. The van der Waals surface area contributed by atoms with E-state index in [9.17, 15) is 4.79 Å². The Morgan fingerprint density at radius 3 is 2.96 bits per heavy atom. The molecule has 1 amide bonds. The molecule has 0 aliphatic carbocycles. The molecule has 0 bridgehead atoms. The van der Waals surface area contributed by atoms with E-state index in [0.29, 0.717) is 0 Å². The number of pyridine rings is 1. The van der Waals surface area contributed by atoms with Crippen molar-refractivity contribution in [2.24, 2.45) is 0 Å². The van der Waals surface area contributed by atoms with Gasteiger partial charge in [-0.2, -0.15) is 0 Å². The smallest absolute Gasteiger partial charge is 0.407 e. The van der Waals surface area contributed by atoms with Crippen LogP contribution in [0.1, 0.15) is 32.8 Å². The van der Waals surface area contributed by atoms with Crippen LogP contribution in [0, 0.1) is 0 Å². The summed E-state index contributed by atoms with van der Waals surface area (Å²) in [5.41, 5.74) is 0.828. The van der Waals surface area contributed by atoms with Gasteiger partial charge in [-0.15, -0.1) is 0 Å². The molecule has 1 aromatic heterocycles. The van der Waals surface area contributed by atoms with Crippen LogP contribution in [0.15, 0.2) is 36.7 Å². The molecule has 5 nitrogen and oxygen atoms in total. The number of hydrogen-bond acceptors (Lipinski definition) is 4. The molecule has 0 saturated carbocycles. The highest BCUT2D eigenvalue weighted by molar-refractivity contribution is 5.81. The molecule has 1 aliphatic heterocycles. The molecule has 5 heteroatoms. The molecule has 2 aromatic rings. The van der Waals surface area contributed by atoms with E-state index in [-0.39, 0.29) is 12.1 Å². The number of ether oxygens (including phenoxy) is 1. The standard InChI is InChI=1S/C19H25N3O2/c1-19(2,3)24-18(23)21-17-7-9-22(13-17)12-14-4-5-16-11-20-8-6-15(16)10-14/h4-6,8,10-11,17H,7,9,12-13H2,1-3H3,(H,21,23)/t17-/m0/s1. The number of aromatic nitrogens is 1. The quantitative estimate of drug-likeness (QED) is 0.939. The number of fused-ring (bicyclic) bond motifs is 1. The molecule has 0 radical (unpaired) electrons. The van der Waals surface area contributed by atoms with E-state index in [1.54, 1.807) is 0 Å². The number of hydrogen-bond donors (Lipinski definition) is 1. The predicted octanol–water partition coefficient (Wildman–Crippen LogP) is 3.33. The third-order valence-corrected chi connectivity index (χ3v) is 4.10. The van der Waals surface area contributed by atoms with Gasteiger partial charge in [-0.3, -0.25) is 9.88 Å². The Labute approximate surface area is 143 Å². The van der Waals surface area contributed by atoms with Crippen LogP contribution in [0.2, 0.25) is 0 Å². The van der Waals surface area contributed by atoms with Gasteiger partial charge in [0.05, 0.1) is 0 Å². The highest BCUT2D eigenvalue weighted by atomic mass is 16.6. The Morgan fingerprint density at radius 1 is 1.33 bits per heavy atom. The first-order chi connectivity index (χ1) is 11.4. The van der Waals surface area contributed by atoms with Crippen molar-refractivity contribution in [2.75, 3.05) is 13.1 Å². The molecule has 1 saturated heterocycles. The Morgan fingerprint density at radius 2 is 2.17 bits per heavy atom. The predicted molar refractivity (Wildman–Crippen MR) is 94.8 cm³/mol. The van der Waals surface area contributed by atoms with E-state index in [0.717, 1.165) is 31.4 Å². The molecule has 1 aliphatic rings. The number of benzene rings is 1. The van der Waals surface area contributed by atoms with Crippen LogP contribution in [0.3, 0.4) is 0 Å². The van der Waals surface area contributed by atoms with Gasteiger partial charge in [0.2, 0.25) is 0 Å². The minimum Gasteiger partial charge on any atom is -0.444 e. The maximum absolute atomic E-state index is 11.9. The largest absolute Gasteiger partial charge is 0.444 e. The van der Waals surface area contributed by atoms with Crippen LogP contribution < -0.4 is 5.32 Å². The number of carbonyl (C=O) groups is 1. The maximum atomic E-state index is 11.9. The summed E-state index contributed by atoms with van der Waals surface area (Å²) in [6, 6.07) is 8.67. The minimum atomic E-state index is -0.456. The number of nitrogens with one attached hydrogen (secondary N) is 1. The van der Waals surface area contributed by atoms with E-state index in [4.69, 9.17) is 4.74 Å². The molecule has 128 valence electrons. The van der Waals surface area contributed by atoms with Crippen LogP contribution in [0.5, 0.6) is 0 Å². The Bertz CT molecular complexity index is 724. The zero-order valence-corrected chi connectivity index (χ0v) is 14.6. The van der Waals surface area contributed by atoms with Crippen LogP contribution in [0.4, 0.5) is 4.79 Å². The van der Waals surface area contributed by atoms with Crippen molar-refractivity contribution in [1.29, 1.82) is 0 Å². The zero-order chi connectivity index (χ0) is 17.2. The fourth-order valence-electron chi connectivity index (χ4n) is 3.06. The van der Waals surface area contributed by atoms with Crippen molar-refractivity contribution >= 4 is 16.9 Å². The van der Waals surface area contributed by atoms with Crippen LogP contribution >= 0.6 is 0 Å². The third-order valence-electron chi connectivity index (χ3n) is 4.10. The van der Waals surface area contributed by atoms with Crippen molar-refractivity contribution < 1.29 is 9.53 Å². The van der Waals surface area contributed by atoms with E-state index in [1.165, 1.54) is 10.9 Å². The lowest BCUT2D eigenvalue weighted by Crippen LogP contribution is -2.40. The van der Waals surface area contributed by atoms with Gasteiger partial charge in [0.25, 0.3) is 0 Å². The Kier molecular flexibility index (Phi) is 4.71. The Hall–Kier alpha value is -2.14. The van der Waals surface area contributed by atoms with Crippen molar-refractivity contribution in [3.8, 4) is 0 Å². The molecule has 24 heavy (non-hydrogen) atoms. The SMILES string of the molecule is CC(C)(C)OC(=O)N[C@H]1CCN(Cc2ccc3cnccc3c2)C1. The zero-order valence-electron chi connectivity index (χ0n) is 14.6. The van der Waals surface area contributed by atoms with Crippen molar-refractivity contribution in [3.05, 3.63) is 42.2 Å². The average Bonchev–Trinajstić information content (AvgIpc) is 2.92. The van der Waals surface area contributed by atoms with Crippen molar-refractivity contribution in [3.63, 3.8) is 0 Å². The van der Waals surface area contributed by atoms with Gasteiger partial charge in [0.15, 0.2) is 0 Å². The second-order valence-corrected chi connectivity index (χ2v) is 7.42. The van der Waals surface area contributed by atoms with Gasteiger partial charge in [-0.25, -0.2) is 4.79 Å². The summed E-state index contributed by atoms with van der Waals surface area (Å²) in [5, 5.41) is 5.34. The first kappa shape index (κ1) is 16.7. The monoisotopic (exact) mass is 327 g/mol. The fraction of sp³-hybridized carbons (Fsp3) is 0.474. The molecule has 0 spiro atoms. The summed E-state index contributed by atoms with van der Waals surface area (Å²) >= 11 is 0. The number of alkyl carbamates (subject to hydrolysis) is 1. The lowest BCUT2D eigenvalue weighted by atomic mass is 10.1. The van der Waals surface area contributed by atoms with Crippen molar-refractivity contribution in [2.45, 2.75) is 45.4 Å². The van der Waals surface area contributed by atoms with Crippen LogP contribution in [0.25, 0.3) is 10.8 Å². The lowest BCUT2D eigenvalue weighted by molar-refractivity contribution is 0.0506. The van der Waals surface area contributed by atoms with Gasteiger partial charge < -0.3 is 10.1 Å². The number of nitrogens with zero attached hydrogens (tertiary/aromatic N) is 2. The molecule has 1 aromatic carbocycles. The van der Waals surface area contributed by atoms with Crippen molar-refractivity contribution in [1.82, 2.24) is 15.2 Å². The minimum absolute atomic E-state index is 0.157. The van der Waals surface area contributed by atoms with Crippen LogP contribution in [-0.2, 0) is 11.3 Å². The number of likely N-dealkylation sites (tertiary alicyclic amines) is 1. The summed E-state index contributed by atoms with van der Waals surface area (Å²) in [6.45, 7) is 8.36. The van der Waals surface area contributed by atoms with Gasteiger partial charge >= 0.3 is 6.09 Å². The molecule has 3 rings (SSSR count). The van der Waals surface area contributed by atoms with E-state index >= 15 is 0 Å². The van der Waals surface area contributed by atoms with E-state index in [1.807, 2.05) is 39.2 Å². The summed E-state index contributed by atoms with van der Waals surface area (Å²) in [7, 11) is 0. The number of carbonyl (C=O) groups excluding carboxylic acids is 1. The fourth-order valence-corrected chi connectivity index (χ4v) is 3.06. The van der Waals surface area contributed by atoms with Gasteiger partial charge in [-0.05, 0) is 50.3 Å². The second kappa shape index (κ2) is 6.77. The first-order valence-electron chi connectivity index (χ1n) is 8.43. The second-order valence-electron chi connectivity index (χ2n) is 7.42. The van der Waals surface area contributed by atoms with Gasteiger partial charge in [0, 0.05) is 43.5 Å². The molecule has 0 unspecified atom stereocenters. The molecular weight excluding hydrogens is 302 g/mol. The molecule has 1 fully saturated rings. The average molecular weight is 327 g/mol. The van der Waals surface area contributed by atoms with E-state index in [2.05, 4.69) is 33.4 Å². The highest BCUT2D eigenvalue weighted by Crippen LogP contribution is 2.18. The van der Waals surface area contributed by atoms with Crippen LogP contribution in [-0.4, -0.2) is 40.7 Å². The van der Waals surface area contributed by atoms with E-state index < -0.39 is 5.60 Å². The first-order valence-corrected chi connectivity index (χ1v) is 8.43. The highest BCUT2D eigenvalue weighted by Gasteiger charge is 2.26. The normalized spacial score (nSPS) is 18.7. The summed E-state index contributed by atoms with van der Waals surface area (Å²) in [6.07, 6.45) is 4.34. The third kappa shape index (κ3) is 4.45. The molecule has 2 heterocycles. The topological polar surface area (TPSA) is 54.5 Å². The Balaban J connectivity index is 1.54. The van der Waals surface area contributed by atoms with Gasteiger partial charge in [-0.1, -0.05) is 12.1 Å². The maximum Gasteiger partial charge on any atom is 0.407 e. The van der Waals surface area contributed by atoms with Gasteiger partial charge in [0.1, 0.15) is 5.60 Å². The molecule has 1 atom stereocenters. The molecule has 1 N–H and O–H groups in total. The number of amides is 1. The summed E-state index contributed by atoms with van der Waals surface area (Å²) < 4.78 is 5.33. The lowest BCUT2D eigenvalue weighted by Gasteiger charge is -2.22. The number of rotatable bonds is 3. The summed E-state index contributed by atoms with van der Waals surface area (Å²) in [4.78, 5) is 18.4. The summed E-state index contributed by atoms with van der Waals surface area (Å²) in [5.74, 6) is 0.